The lowest BCUT2D eigenvalue weighted by molar-refractivity contribution is 0.0299. The SMILES string of the molecule is O=C(c1ccc(-c2cnc(NCc3cccc4c3CCO4)n3cnnc23)cn1)N1CCOCC1. The number of benzene rings is 1. The van der Waals surface area contributed by atoms with Gasteiger partial charge in [0.25, 0.3) is 5.91 Å². The molecule has 0 bridgehead atoms. The molecule has 0 saturated carbocycles. The molecule has 1 saturated heterocycles. The van der Waals surface area contributed by atoms with Gasteiger partial charge < -0.3 is 19.7 Å². The standard InChI is InChI=1S/C24H23N7O3/c32-23(30-7-10-33-11-8-30)20-5-4-17(12-25-20)19-14-27-24(31-15-28-29-22(19)31)26-13-16-2-1-3-21-18(16)6-9-34-21/h1-5,12,14-15H,6-11,13H2,(H,26,27). The first-order chi connectivity index (χ1) is 16.8. The van der Waals surface area contributed by atoms with Gasteiger partial charge in [0.15, 0.2) is 5.65 Å². The van der Waals surface area contributed by atoms with Gasteiger partial charge in [-0.25, -0.2) is 4.98 Å². The van der Waals surface area contributed by atoms with Crippen LogP contribution in [-0.4, -0.2) is 68.3 Å². The van der Waals surface area contributed by atoms with E-state index in [0.29, 0.717) is 50.1 Å². The van der Waals surface area contributed by atoms with Crippen molar-refractivity contribution >= 4 is 17.5 Å². The summed E-state index contributed by atoms with van der Waals surface area (Å²) in [6, 6.07) is 9.72. The van der Waals surface area contributed by atoms with Crippen molar-refractivity contribution in [2.45, 2.75) is 13.0 Å². The van der Waals surface area contributed by atoms with Crippen molar-refractivity contribution in [2.24, 2.45) is 0 Å². The summed E-state index contributed by atoms with van der Waals surface area (Å²) in [6.07, 6.45) is 5.99. The first kappa shape index (κ1) is 20.5. The summed E-state index contributed by atoms with van der Waals surface area (Å²) in [7, 11) is 0. The normalized spacial score (nSPS) is 15.2. The van der Waals surface area contributed by atoms with Gasteiger partial charge in [-0.05, 0) is 17.7 Å². The summed E-state index contributed by atoms with van der Waals surface area (Å²) >= 11 is 0. The Morgan fingerprint density at radius 3 is 2.82 bits per heavy atom. The van der Waals surface area contributed by atoms with Crippen LogP contribution in [0.5, 0.6) is 5.75 Å². The van der Waals surface area contributed by atoms with Crippen molar-refractivity contribution in [3.05, 3.63) is 65.9 Å². The van der Waals surface area contributed by atoms with Crippen LogP contribution in [0.15, 0.2) is 49.1 Å². The molecule has 6 rings (SSSR count). The number of carbonyl (C=O) groups excluding carboxylic acids is 1. The second-order valence-corrected chi connectivity index (χ2v) is 8.20. The van der Waals surface area contributed by atoms with Crippen LogP contribution < -0.4 is 10.1 Å². The van der Waals surface area contributed by atoms with E-state index >= 15 is 0 Å². The maximum Gasteiger partial charge on any atom is 0.272 e. The Balaban J connectivity index is 1.23. The summed E-state index contributed by atoms with van der Waals surface area (Å²) < 4.78 is 12.8. The maximum absolute atomic E-state index is 12.7. The van der Waals surface area contributed by atoms with Gasteiger partial charge in [-0.1, -0.05) is 18.2 Å². The number of hydrogen-bond acceptors (Lipinski definition) is 8. The fourth-order valence-electron chi connectivity index (χ4n) is 4.39. The highest BCUT2D eigenvalue weighted by molar-refractivity contribution is 5.93. The lowest BCUT2D eigenvalue weighted by Crippen LogP contribution is -2.41. The minimum atomic E-state index is -0.0852. The number of amides is 1. The molecule has 0 spiro atoms. The van der Waals surface area contributed by atoms with Gasteiger partial charge in [0, 0.05) is 55.1 Å². The Morgan fingerprint density at radius 2 is 1.97 bits per heavy atom. The number of aromatic nitrogens is 5. The number of hydrogen-bond donors (Lipinski definition) is 1. The number of anilines is 1. The number of pyridine rings is 1. The van der Waals surface area contributed by atoms with Gasteiger partial charge in [-0.15, -0.1) is 10.2 Å². The molecule has 2 aliphatic rings. The van der Waals surface area contributed by atoms with Crippen molar-refractivity contribution in [3.63, 3.8) is 0 Å². The molecule has 10 nitrogen and oxygen atoms in total. The molecule has 1 N–H and O–H groups in total. The van der Waals surface area contributed by atoms with Gasteiger partial charge >= 0.3 is 0 Å². The summed E-state index contributed by atoms with van der Waals surface area (Å²) in [5.41, 5.74) is 5.10. The first-order valence-corrected chi connectivity index (χ1v) is 11.3. The largest absolute Gasteiger partial charge is 0.493 e. The van der Waals surface area contributed by atoms with Crippen LogP contribution in [0.1, 0.15) is 21.6 Å². The van der Waals surface area contributed by atoms with Gasteiger partial charge in [-0.2, -0.15) is 0 Å². The Labute approximate surface area is 195 Å². The third-order valence-corrected chi connectivity index (χ3v) is 6.20. The molecule has 0 unspecified atom stereocenters. The van der Waals surface area contributed by atoms with E-state index in [1.54, 1.807) is 29.7 Å². The number of morpholine rings is 1. The smallest absolute Gasteiger partial charge is 0.272 e. The lowest BCUT2D eigenvalue weighted by Gasteiger charge is -2.26. The summed E-state index contributed by atoms with van der Waals surface area (Å²) in [4.78, 5) is 23.5. The number of fused-ring (bicyclic) bond motifs is 2. The van der Waals surface area contributed by atoms with Crippen LogP contribution in [0, 0.1) is 0 Å². The van der Waals surface area contributed by atoms with Gasteiger partial charge in [0.2, 0.25) is 5.95 Å². The second kappa shape index (κ2) is 8.71. The van der Waals surface area contributed by atoms with E-state index in [0.717, 1.165) is 29.9 Å². The van der Waals surface area contributed by atoms with Gasteiger partial charge in [0.05, 0.1) is 19.8 Å². The number of nitrogens with zero attached hydrogens (tertiary/aromatic N) is 6. The van der Waals surface area contributed by atoms with Crippen LogP contribution in [0.4, 0.5) is 5.95 Å². The molecule has 3 aromatic heterocycles. The Hall–Kier alpha value is -4.05. The molecule has 1 aromatic carbocycles. The molecule has 0 atom stereocenters. The number of nitrogens with one attached hydrogen (secondary N) is 1. The number of ether oxygens (including phenoxy) is 2. The van der Waals surface area contributed by atoms with Crippen LogP contribution >= 0.6 is 0 Å². The van der Waals surface area contributed by atoms with E-state index in [1.807, 2.05) is 22.6 Å². The van der Waals surface area contributed by atoms with Crippen molar-refractivity contribution < 1.29 is 14.3 Å². The topological polar surface area (TPSA) is 107 Å². The fourth-order valence-corrected chi connectivity index (χ4v) is 4.39. The molecular weight excluding hydrogens is 434 g/mol. The highest BCUT2D eigenvalue weighted by Gasteiger charge is 2.20. The minimum Gasteiger partial charge on any atom is -0.493 e. The van der Waals surface area contributed by atoms with E-state index in [4.69, 9.17) is 9.47 Å². The quantitative estimate of drug-likeness (QED) is 0.486. The average molecular weight is 457 g/mol. The minimum absolute atomic E-state index is 0.0852. The van der Waals surface area contributed by atoms with Crippen LogP contribution in [0.25, 0.3) is 16.8 Å². The molecule has 5 heterocycles. The van der Waals surface area contributed by atoms with E-state index in [2.05, 4.69) is 31.5 Å². The molecule has 1 amide bonds. The Kier molecular flexibility index (Phi) is 5.27. The van der Waals surface area contributed by atoms with E-state index in [-0.39, 0.29) is 5.91 Å². The summed E-state index contributed by atoms with van der Waals surface area (Å²) in [6.45, 7) is 3.62. The molecule has 1 fully saturated rings. The molecule has 2 aliphatic heterocycles. The molecule has 4 aromatic rings. The predicted octanol–water partition coefficient (Wildman–Crippen LogP) is 2.21. The molecule has 10 heteroatoms. The zero-order chi connectivity index (χ0) is 22.9. The number of rotatable bonds is 5. The molecule has 172 valence electrons. The first-order valence-electron chi connectivity index (χ1n) is 11.3. The monoisotopic (exact) mass is 457 g/mol. The van der Waals surface area contributed by atoms with Gasteiger partial charge in [0.1, 0.15) is 17.8 Å². The molecular formula is C24H23N7O3. The predicted molar refractivity (Wildman–Crippen MR) is 124 cm³/mol. The highest BCUT2D eigenvalue weighted by Crippen LogP contribution is 2.29. The fraction of sp³-hybridized carbons (Fsp3) is 0.292. The zero-order valence-corrected chi connectivity index (χ0v) is 18.5. The van der Waals surface area contributed by atoms with Crippen LogP contribution in [0.3, 0.4) is 0 Å². The zero-order valence-electron chi connectivity index (χ0n) is 18.5. The van der Waals surface area contributed by atoms with E-state index in [1.165, 1.54) is 11.1 Å². The van der Waals surface area contributed by atoms with Crippen molar-refractivity contribution in [1.82, 2.24) is 29.5 Å². The van der Waals surface area contributed by atoms with Crippen LogP contribution in [-0.2, 0) is 17.7 Å². The highest BCUT2D eigenvalue weighted by atomic mass is 16.5. The van der Waals surface area contributed by atoms with Crippen molar-refractivity contribution in [3.8, 4) is 16.9 Å². The molecule has 0 radical (unpaired) electrons. The van der Waals surface area contributed by atoms with Crippen molar-refractivity contribution in [2.75, 3.05) is 38.2 Å². The summed E-state index contributed by atoms with van der Waals surface area (Å²) in [5.74, 6) is 1.52. The lowest BCUT2D eigenvalue weighted by atomic mass is 10.1. The maximum atomic E-state index is 12.7. The Morgan fingerprint density at radius 1 is 1.06 bits per heavy atom. The van der Waals surface area contributed by atoms with Gasteiger partial charge in [-0.3, -0.25) is 14.2 Å². The van der Waals surface area contributed by atoms with Crippen molar-refractivity contribution in [1.29, 1.82) is 0 Å². The van der Waals surface area contributed by atoms with Crippen LogP contribution in [0.2, 0.25) is 0 Å². The van der Waals surface area contributed by atoms with E-state index < -0.39 is 0 Å². The molecule has 34 heavy (non-hydrogen) atoms. The third kappa shape index (κ3) is 3.71. The summed E-state index contributed by atoms with van der Waals surface area (Å²) in [5, 5.41) is 11.8. The molecule has 0 aliphatic carbocycles. The Bertz CT molecular complexity index is 1350. The second-order valence-electron chi connectivity index (χ2n) is 8.20. The average Bonchev–Trinajstić information content (AvgIpc) is 3.58. The van der Waals surface area contributed by atoms with E-state index in [9.17, 15) is 4.79 Å². The third-order valence-electron chi connectivity index (χ3n) is 6.20. The number of carbonyl (C=O) groups is 1.